The maximum atomic E-state index is 13.0. The van der Waals surface area contributed by atoms with E-state index in [0.717, 1.165) is 17.2 Å². The van der Waals surface area contributed by atoms with E-state index in [4.69, 9.17) is 5.73 Å². The summed E-state index contributed by atoms with van der Waals surface area (Å²) in [5.74, 6) is 0. The summed E-state index contributed by atoms with van der Waals surface area (Å²) in [4.78, 5) is 12.8. The molecular formula is C17H21F3N2O. The lowest BCUT2D eigenvalue weighted by Crippen LogP contribution is -2.37. The number of carbonyl (C=O) groups is 1. The maximum absolute atomic E-state index is 13.0. The van der Waals surface area contributed by atoms with Gasteiger partial charge in [0.1, 0.15) is 0 Å². The molecule has 23 heavy (non-hydrogen) atoms. The number of aryl methyl sites for hydroxylation is 1. The number of carbonyl (C=O) groups excluding carboxylic acids is 1. The molecular weight excluding hydrogens is 305 g/mol. The summed E-state index contributed by atoms with van der Waals surface area (Å²) in [6, 6.07) is 3.50. The number of hydrogen-bond acceptors (Lipinski definition) is 1. The fourth-order valence-corrected chi connectivity index (χ4v) is 2.89. The minimum Gasteiger partial charge on any atom is -0.351 e. The van der Waals surface area contributed by atoms with E-state index in [1.165, 1.54) is 6.07 Å². The van der Waals surface area contributed by atoms with Gasteiger partial charge in [-0.3, -0.25) is 0 Å². The Morgan fingerprint density at radius 1 is 1.30 bits per heavy atom. The van der Waals surface area contributed by atoms with Gasteiger partial charge in [-0.05, 0) is 54.5 Å². The van der Waals surface area contributed by atoms with Crippen LogP contribution in [0, 0.1) is 0 Å². The van der Waals surface area contributed by atoms with Crippen LogP contribution in [0.2, 0.25) is 0 Å². The van der Waals surface area contributed by atoms with Crippen molar-refractivity contribution in [1.82, 2.24) is 4.90 Å². The predicted molar refractivity (Wildman–Crippen MR) is 83.8 cm³/mol. The van der Waals surface area contributed by atoms with Crippen LogP contribution in [0.4, 0.5) is 18.0 Å². The van der Waals surface area contributed by atoms with E-state index in [2.05, 4.69) is 0 Å². The second-order valence-corrected chi connectivity index (χ2v) is 5.67. The van der Waals surface area contributed by atoms with Gasteiger partial charge in [0.2, 0.25) is 0 Å². The highest BCUT2D eigenvalue weighted by Gasteiger charge is 2.31. The van der Waals surface area contributed by atoms with Crippen LogP contribution in [-0.2, 0) is 12.6 Å². The highest BCUT2D eigenvalue weighted by atomic mass is 19.4. The lowest BCUT2D eigenvalue weighted by Gasteiger charge is -2.23. The van der Waals surface area contributed by atoms with Crippen LogP contribution in [0.5, 0.6) is 0 Å². The lowest BCUT2D eigenvalue weighted by molar-refractivity contribution is -0.137. The molecule has 0 aliphatic carbocycles. The van der Waals surface area contributed by atoms with Gasteiger partial charge in [0.05, 0.1) is 5.56 Å². The molecule has 0 atom stereocenters. The topological polar surface area (TPSA) is 46.3 Å². The van der Waals surface area contributed by atoms with Crippen molar-refractivity contribution >= 4 is 11.6 Å². The predicted octanol–water partition coefficient (Wildman–Crippen LogP) is 4.22. The number of halogens is 3. The summed E-state index contributed by atoms with van der Waals surface area (Å²) in [5, 5.41) is 0. The molecule has 2 N–H and O–H groups in total. The molecule has 0 fully saturated rings. The summed E-state index contributed by atoms with van der Waals surface area (Å²) < 4.78 is 38.9. The molecule has 1 aliphatic rings. The maximum Gasteiger partial charge on any atom is 0.416 e. The molecule has 0 aromatic heterocycles. The number of urea groups is 1. The SMILES string of the molecule is CCc1ccc(C(F)(F)F)cc1/C1=C\CCN(C(N)=O)CCC1. The fraction of sp³-hybridized carbons (Fsp3) is 0.471. The zero-order valence-electron chi connectivity index (χ0n) is 13.1. The number of alkyl halides is 3. The molecule has 0 saturated heterocycles. The summed E-state index contributed by atoms with van der Waals surface area (Å²) >= 11 is 0. The number of nitrogens with two attached hydrogens (primary N) is 1. The number of benzene rings is 1. The van der Waals surface area contributed by atoms with Gasteiger partial charge in [-0.2, -0.15) is 13.2 Å². The zero-order chi connectivity index (χ0) is 17.0. The Morgan fingerprint density at radius 2 is 2.04 bits per heavy atom. The number of amides is 2. The molecule has 1 heterocycles. The first-order chi connectivity index (χ1) is 10.8. The number of nitrogens with zero attached hydrogens (tertiary/aromatic N) is 1. The molecule has 0 radical (unpaired) electrons. The first-order valence-corrected chi connectivity index (χ1v) is 7.76. The Labute approximate surface area is 134 Å². The van der Waals surface area contributed by atoms with E-state index in [1.807, 2.05) is 13.0 Å². The van der Waals surface area contributed by atoms with Crippen LogP contribution in [0.1, 0.15) is 42.9 Å². The van der Waals surface area contributed by atoms with E-state index in [-0.39, 0.29) is 0 Å². The second kappa shape index (κ2) is 7.06. The van der Waals surface area contributed by atoms with Gasteiger partial charge < -0.3 is 10.6 Å². The molecule has 2 rings (SSSR count). The van der Waals surface area contributed by atoms with E-state index in [0.29, 0.717) is 44.3 Å². The quantitative estimate of drug-likeness (QED) is 0.869. The largest absolute Gasteiger partial charge is 0.416 e. The molecule has 126 valence electrons. The Kier molecular flexibility index (Phi) is 5.34. The molecule has 3 nitrogen and oxygen atoms in total. The Morgan fingerprint density at radius 3 is 2.65 bits per heavy atom. The number of allylic oxidation sites excluding steroid dienone is 1. The van der Waals surface area contributed by atoms with Gasteiger partial charge in [0.15, 0.2) is 0 Å². The van der Waals surface area contributed by atoms with Crippen molar-refractivity contribution in [2.45, 2.75) is 38.8 Å². The second-order valence-electron chi connectivity index (χ2n) is 5.67. The molecule has 1 aromatic rings. The number of primary amides is 1. The summed E-state index contributed by atoms with van der Waals surface area (Å²) in [5.41, 5.74) is 7.19. The van der Waals surface area contributed by atoms with Crippen molar-refractivity contribution in [1.29, 1.82) is 0 Å². The first-order valence-electron chi connectivity index (χ1n) is 7.76. The molecule has 0 spiro atoms. The van der Waals surface area contributed by atoms with E-state index in [9.17, 15) is 18.0 Å². The van der Waals surface area contributed by atoms with Gasteiger partial charge in [-0.25, -0.2) is 4.79 Å². The summed E-state index contributed by atoms with van der Waals surface area (Å²) in [6.07, 6.45) is 0.192. The first kappa shape index (κ1) is 17.4. The van der Waals surface area contributed by atoms with Crippen molar-refractivity contribution in [3.05, 3.63) is 41.0 Å². The lowest BCUT2D eigenvalue weighted by atomic mass is 9.91. The fourth-order valence-electron chi connectivity index (χ4n) is 2.89. The standard InChI is InChI=1S/C17H21F3N2O/c1-2-12-7-8-14(17(18,19)20)11-15(12)13-5-3-9-22(16(21)23)10-4-6-13/h5,7-8,11H,2-4,6,9-10H2,1H3,(H2,21,23)/b13-5-. The molecule has 0 saturated carbocycles. The normalized spacial score (nSPS) is 18.8. The molecule has 2 amide bonds. The van der Waals surface area contributed by atoms with Crippen molar-refractivity contribution in [2.24, 2.45) is 5.73 Å². The van der Waals surface area contributed by atoms with Crippen molar-refractivity contribution in [2.75, 3.05) is 13.1 Å². The highest BCUT2D eigenvalue weighted by molar-refractivity contribution is 5.73. The van der Waals surface area contributed by atoms with E-state index in [1.54, 1.807) is 11.0 Å². The minimum absolute atomic E-state index is 0.449. The number of rotatable bonds is 2. The molecule has 1 aromatic carbocycles. The van der Waals surface area contributed by atoms with Crippen LogP contribution >= 0.6 is 0 Å². The van der Waals surface area contributed by atoms with E-state index < -0.39 is 17.8 Å². The molecule has 0 unspecified atom stereocenters. The molecule has 0 bridgehead atoms. The van der Waals surface area contributed by atoms with Crippen LogP contribution in [0.25, 0.3) is 5.57 Å². The average Bonchev–Trinajstić information content (AvgIpc) is 2.45. The van der Waals surface area contributed by atoms with Crippen LogP contribution < -0.4 is 5.73 Å². The summed E-state index contributed by atoms with van der Waals surface area (Å²) in [7, 11) is 0. The van der Waals surface area contributed by atoms with Crippen molar-refractivity contribution < 1.29 is 18.0 Å². The Bertz CT molecular complexity index is 608. The van der Waals surface area contributed by atoms with Crippen LogP contribution in [0.15, 0.2) is 24.3 Å². The third-order valence-corrected chi connectivity index (χ3v) is 4.14. The van der Waals surface area contributed by atoms with Gasteiger partial charge in [-0.15, -0.1) is 0 Å². The third-order valence-electron chi connectivity index (χ3n) is 4.14. The van der Waals surface area contributed by atoms with Crippen molar-refractivity contribution in [3.8, 4) is 0 Å². The van der Waals surface area contributed by atoms with E-state index >= 15 is 0 Å². The Balaban J connectivity index is 2.32. The highest BCUT2D eigenvalue weighted by Crippen LogP contribution is 2.34. The average molecular weight is 326 g/mol. The minimum atomic E-state index is -4.34. The van der Waals surface area contributed by atoms with Gasteiger partial charge >= 0.3 is 12.2 Å². The summed E-state index contributed by atoms with van der Waals surface area (Å²) in [6.45, 7) is 2.97. The van der Waals surface area contributed by atoms with Crippen LogP contribution in [0.3, 0.4) is 0 Å². The van der Waals surface area contributed by atoms with Gasteiger partial charge in [-0.1, -0.05) is 19.1 Å². The smallest absolute Gasteiger partial charge is 0.351 e. The molecule has 6 heteroatoms. The van der Waals surface area contributed by atoms with Crippen molar-refractivity contribution in [3.63, 3.8) is 0 Å². The van der Waals surface area contributed by atoms with Crippen LogP contribution in [-0.4, -0.2) is 24.0 Å². The molecule has 1 aliphatic heterocycles. The van der Waals surface area contributed by atoms with Gasteiger partial charge in [0, 0.05) is 13.1 Å². The zero-order valence-corrected chi connectivity index (χ0v) is 13.1. The number of hydrogen-bond donors (Lipinski definition) is 1. The Hall–Kier alpha value is -1.98. The van der Waals surface area contributed by atoms with Gasteiger partial charge in [0.25, 0.3) is 0 Å². The monoisotopic (exact) mass is 326 g/mol. The third kappa shape index (κ3) is 4.27.